The predicted molar refractivity (Wildman–Crippen MR) is 78.5 cm³/mol. The summed E-state index contributed by atoms with van der Waals surface area (Å²) in [5.41, 5.74) is -3.68. The second kappa shape index (κ2) is 8.07. The average Bonchev–Trinajstić information content (AvgIpc) is 2.27. The molecule has 0 aromatic rings. The Morgan fingerprint density at radius 1 is 1.10 bits per heavy atom. The molecule has 0 saturated heterocycles. The van der Waals surface area contributed by atoms with Gasteiger partial charge in [-0.25, -0.2) is 0 Å². The first-order chi connectivity index (χ1) is 9.08. The lowest BCUT2D eigenvalue weighted by Gasteiger charge is -2.23. The summed E-state index contributed by atoms with van der Waals surface area (Å²) in [6, 6.07) is 0. The second-order valence-corrected chi connectivity index (χ2v) is 11.4. The maximum absolute atomic E-state index is 13.8. The van der Waals surface area contributed by atoms with Crippen LogP contribution < -0.4 is 0 Å². The zero-order valence-corrected chi connectivity index (χ0v) is 14.5. The molecule has 0 aromatic carbocycles. The van der Waals surface area contributed by atoms with Crippen LogP contribution in [-0.4, -0.2) is 27.2 Å². The van der Waals surface area contributed by atoms with Crippen molar-refractivity contribution in [3.8, 4) is 0 Å². The molecule has 0 unspecified atom stereocenters. The van der Waals surface area contributed by atoms with E-state index in [1.165, 1.54) is 26.2 Å². The first-order valence-corrected chi connectivity index (χ1v) is 11.3. The number of hydrogen-bond acceptors (Lipinski definition) is 4. The first kappa shape index (κ1) is 19.5. The largest absolute Gasteiger partial charge is 0.550 e. The molecule has 0 aliphatic heterocycles. The van der Waals surface area contributed by atoms with Gasteiger partial charge in [0.1, 0.15) is 0 Å². The van der Waals surface area contributed by atoms with Crippen LogP contribution in [0.2, 0.25) is 19.6 Å². The molecule has 0 spiro atoms. The van der Waals surface area contributed by atoms with Crippen molar-refractivity contribution in [1.29, 1.82) is 0 Å². The Labute approximate surface area is 120 Å². The first-order valence-electron chi connectivity index (χ1n) is 6.37. The monoisotopic (exact) mass is 328 g/mol. The topological polar surface area (TPSA) is 44.8 Å². The summed E-state index contributed by atoms with van der Waals surface area (Å²) in [6.45, 7) is 8.63. The van der Waals surface area contributed by atoms with Crippen LogP contribution in [0.15, 0.2) is 24.5 Å². The molecule has 20 heavy (non-hydrogen) atoms. The quantitative estimate of drug-likeness (QED) is 0.265. The van der Waals surface area contributed by atoms with Crippen molar-refractivity contribution in [3.05, 3.63) is 24.5 Å². The van der Waals surface area contributed by atoms with Gasteiger partial charge < -0.3 is 13.5 Å². The van der Waals surface area contributed by atoms with Gasteiger partial charge in [0.15, 0.2) is 0 Å². The van der Waals surface area contributed by atoms with E-state index < -0.39 is 21.6 Å². The summed E-state index contributed by atoms with van der Waals surface area (Å²) in [5, 5.41) is 0. The van der Waals surface area contributed by atoms with E-state index in [1.807, 2.05) is 19.6 Å². The van der Waals surface area contributed by atoms with Gasteiger partial charge in [-0.05, 0) is 45.6 Å². The molecule has 8 heteroatoms. The number of rotatable bonds is 9. The molecule has 4 nitrogen and oxygen atoms in total. The zero-order valence-electron chi connectivity index (χ0n) is 12.6. The van der Waals surface area contributed by atoms with Gasteiger partial charge in [0, 0.05) is 0 Å². The SMILES string of the molecule is CCOP(=O)(OCC)C(F)(F)/C=C/C=C/O[Si](C)(C)C. The normalized spacial score (nSPS) is 14.3. The molecule has 0 heterocycles. The number of allylic oxidation sites excluding steroid dienone is 3. The molecule has 0 N–H and O–H groups in total. The van der Waals surface area contributed by atoms with E-state index in [1.54, 1.807) is 0 Å². The highest BCUT2D eigenvalue weighted by atomic mass is 31.2. The van der Waals surface area contributed by atoms with E-state index in [0.29, 0.717) is 6.08 Å². The molecule has 0 aliphatic carbocycles. The number of alkyl halides is 2. The van der Waals surface area contributed by atoms with E-state index in [4.69, 9.17) is 4.43 Å². The van der Waals surface area contributed by atoms with Crippen molar-refractivity contribution in [1.82, 2.24) is 0 Å². The predicted octanol–water partition coefficient (Wildman–Crippen LogP) is 4.77. The Bertz CT molecular complexity index is 381. The highest BCUT2D eigenvalue weighted by Gasteiger charge is 2.51. The maximum Gasteiger partial charge on any atom is 0.403 e. The van der Waals surface area contributed by atoms with E-state index >= 15 is 0 Å². The van der Waals surface area contributed by atoms with Gasteiger partial charge in [-0.1, -0.05) is 6.08 Å². The van der Waals surface area contributed by atoms with Crippen molar-refractivity contribution in [3.63, 3.8) is 0 Å². The highest BCUT2D eigenvalue weighted by Crippen LogP contribution is 2.62. The maximum atomic E-state index is 13.8. The fourth-order valence-electron chi connectivity index (χ4n) is 1.10. The van der Waals surface area contributed by atoms with E-state index in [-0.39, 0.29) is 13.2 Å². The van der Waals surface area contributed by atoms with Crippen LogP contribution in [0.4, 0.5) is 8.78 Å². The van der Waals surface area contributed by atoms with Crippen LogP contribution >= 0.6 is 7.60 Å². The second-order valence-electron chi connectivity index (χ2n) is 4.84. The molecule has 0 radical (unpaired) electrons. The molecular formula is C12H23F2O4PSi. The minimum atomic E-state index is -4.49. The third-order valence-corrected chi connectivity index (χ3v) is 4.79. The molecule has 0 fully saturated rings. The van der Waals surface area contributed by atoms with Crippen LogP contribution in [0.3, 0.4) is 0 Å². The van der Waals surface area contributed by atoms with Gasteiger partial charge >= 0.3 is 13.3 Å². The van der Waals surface area contributed by atoms with Crippen LogP contribution in [0.5, 0.6) is 0 Å². The van der Waals surface area contributed by atoms with Gasteiger partial charge in [0.25, 0.3) is 0 Å². The fraction of sp³-hybridized carbons (Fsp3) is 0.667. The average molecular weight is 328 g/mol. The molecule has 118 valence electrons. The molecule has 0 saturated carbocycles. The Hall–Kier alpha value is -0.493. The zero-order chi connectivity index (χ0) is 15.9. The number of halogens is 2. The van der Waals surface area contributed by atoms with Crippen LogP contribution in [0, 0.1) is 0 Å². The summed E-state index contributed by atoms with van der Waals surface area (Å²) in [4.78, 5) is 0. The fourth-order valence-corrected chi connectivity index (χ4v) is 2.95. The smallest absolute Gasteiger partial charge is 0.403 e. The molecule has 0 atom stereocenters. The molecule has 0 amide bonds. The van der Waals surface area contributed by atoms with Crippen molar-refractivity contribution < 1.29 is 26.8 Å². The lowest BCUT2D eigenvalue weighted by molar-refractivity contribution is 0.0793. The molecular weight excluding hydrogens is 305 g/mol. The van der Waals surface area contributed by atoms with E-state index in [2.05, 4.69) is 9.05 Å². The third kappa shape index (κ3) is 6.79. The van der Waals surface area contributed by atoms with E-state index in [9.17, 15) is 13.3 Å². The van der Waals surface area contributed by atoms with Crippen LogP contribution in [0.25, 0.3) is 0 Å². The summed E-state index contributed by atoms with van der Waals surface area (Å²) >= 11 is 0. The Kier molecular flexibility index (Phi) is 7.87. The number of hydrogen-bond donors (Lipinski definition) is 0. The summed E-state index contributed by atoms with van der Waals surface area (Å²) in [7, 11) is -6.22. The summed E-state index contributed by atoms with van der Waals surface area (Å²) in [5.74, 6) is 0. The Morgan fingerprint density at radius 2 is 1.60 bits per heavy atom. The van der Waals surface area contributed by atoms with E-state index in [0.717, 1.165) is 6.08 Å². The third-order valence-electron chi connectivity index (χ3n) is 1.87. The lowest BCUT2D eigenvalue weighted by atomic mass is 10.5. The van der Waals surface area contributed by atoms with Gasteiger partial charge in [0.05, 0.1) is 19.5 Å². The van der Waals surface area contributed by atoms with Gasteiger partial charge in [-0.3, -0.25) is 4.57 Å². The van der Waals surface area contributed by atoms with Crippen molar-refractivity contribution in [2.75, 3.05) is 13.2 Å². The van der Waals surface area contributed by atoms with Gasteiger partial charge in [-0.2, -0.15) is 8.78 Å². The molecule has 0 rings (SSSR count). The lowest BCUT2D eigenvalue weighted by Crippen LogP contribution is -2.21. The minimum absolute atomic E-state index is 0.116. The van der Waals surface area contributed by atoms with Crippen LogP contribution in [0.1, 0.15) is 13.8 Å². The van der Waals surface area contributed by atoms with Gasteiger partial charge in [0.2, 0.25) is 8.32 Å². The van der Waals surface area contributed by atoms with Crippen molar-refractivity contribution in [2.45, 2.75) is 39.2 Å². The Morgan fingerprint density at radius 3 is 2.00 bits per heavy atom. The highest BCUT2D eigenvalue weighted by molar-refractivity contribution is 7.55. The minimum Gasteiger partial charge on any atom is -0.550 e. The Balaban J connectivity index is 4.81. The van der Waals surface area contributed by atoms with Crippen LogP contribution in [-0.2, 0) is 18.0 Å². The van der Waals surface area contributed by atoms with Gasteiger partial charge in [-0.15, -0.1) is 0 Å². The summed E-state index contributed by atoms with van der Waals surface area (Å²) < 4.78 is 54.3. The van der Waals surface area contributed by atoms with Crippen molar-refractivity contribution >= 4 is 15.9 Å². The molecule has 0 aliphatic rings. The molecule has 0 bridgehead atoms. The molecule has 0 aromatic heterocycles. The summed E-state index contributed by atoms with van der Waals surface area (Å²) in [6.07, 6.45) is 4.26. The van der Waals surface area contributed by atoms with Crippen molar-refractivity contribution in [2.24, 2.45) is 0 Å². The standard InChI is InChI=1S/C12H23F2O4PSi/c1-6-16-19(15,17-7-2)12(13,14)10-8-9-11-18-20(3,4)5/h8-11H,6-7H2,1-5H3/b10-8+,11-9+.